The van der Waals surface area contributed by atoms with E-state index < -0.39 is 0 Å². The van der Waals surface area contributed by atoms with E-state index in [0.717, 1.165) is 38.9 Å². The summed E-state index contributed by atoms with van der Waals surface area (Å²) >= 11 is 1.87. The SMILES string of the molecule is c1ccc(-c2nc(-c3ccc(-c4ccc(-c5cccc6c5sc5ccccc56)cc4)cc3)nc(-c3ccccc3-c3ccccc3)n2)cc1. The van der Waals surface area contributed by atoms with Crippen LogP contribution in [0.5, 0.6) is 0 Å². The Bertz CT molecular complexity index is 2570. The number of thiophene rings is 1. The number of fused-ring (bicyclic) bond motifs is 3. The van der Waals surface area contributed by atoms with Crippen LogP contribution in [0.1, 0.15) is 0 Å². The molecule has 0 bridgehead atoms. The van der Waals surface area contributed by atoms with Gasteiger partial charge in [0.1, 0.15) is 0 Å². The van der Waals surface area contributed by atoms with E-state index in [1.165, 1.54) is 31.3 Å². The molecule has 0 N–H and O–H groups in total. The molecule has 0 saturated carbocycles. The lowest BCUT2D eigenvalue weighted by atomic mass is 9.98. The number of aromatic nitrogens is 3. The number of hydrogen-bond acceptors (Lipinski definition) is 4. The molecule has 0 fully saturated rings. The first-order valence-electron chi connectivity index (χ1n) is 16.4. The van der Waals surface area contributed by atoms with E-state index in [4.69, 9.17) is 15.0 Å². The molecule has 0 aliphatic rings. The van der Waals surface area contributed by atoms with E-state index in [0.29, 0.717) is 17.5 Å². The minimum atomic E-state index is 0.644. The molecular formula is C45H29N3S. The van der Waals surface area contributed by atoms with Crippen molar-refractivity contribution in [2.75, 3.05) is 0 Å². The summed E-state index contributed by atoms with van der Waals surface area (Å²) in [7, 11) is 0. The summed E-state index contributed by atoms with van der Waals surface area (Å²) in [5, 5.41) is 2.64. The van der Waals surface area contributed by atoms with Crippen molar-refractivity contribution in [3.63, 3.8) is 0 Å². The van der Waals surface area contributed by atoms with Gasteiger partial charge in [-0.05, 0) is 39.4 Å². The van der Waals surface area contributed by atoms with Crippen LogP contribution in [0, 0.1) is 0 Å². The Morgan fingerprint density at radius 1 is 0.286 bits per heavy atom. The van der Waals surface area contributed by atoms with Crippen molar-refractivity contribution in [2.45, 2.75) is 0 Å². The van der Waals surface area contributed by atoms with Gasteiger partial charge in [-0.25, -0.2) is 15.0 Å². The summed E-state index contributed by atoms with van der Waals surface area (Å²) in [6.07, 6.45) is 0. The first kappa shape index (κ1) is 29.0. The van der Waals surface area contributed by atoms with Crippen LogP contribution in [0.25, 0.3) is 87.7 Å². The van der Waals surface area contributed by atoms with Gasteiger partial charge in [0.05, 0.1) is 0 Å². The molecule has 2 aromatic heterocycles. The number of nitrogens with zero attached hydrogens (tertiary/aromatic N) is 3. The highest BCUT2D eigenvalue weighted by Gasteiger charge is 2.16. The molecule has 49 heavy (non-hydrogen) atoms. The van der Waals surface area contributed by atoms with Crippen molar-refractivity contribution in [1.29, 1.82) is 0 Å². The van der Waals surface area contributed by atoms with Crippen LogP contribution in [-0.4, -0.2) is 15.0 Å². The smallest absolute Gasteiger partial charge is 0.164 e. The van der Waals surface area contributed by atoms with Crippen molar-refractivity contribution < 1.29 is 0 Å². The topological polar surface area (TPSA) is 38.7 Å². The maximum absolute atomic E-state index is 5.05. The van der Waals surface area contributed by atoms with E-state index in [1.54, 1.807) is 0 Å². The fourth-order valence-electron chi connectivity index (χ4n) is 6.52. The molecule has 0 atom stereocenters. The summed E-state index contributed by atoms with van der Waals surface area (Å²) in [5.74, 6) is 1.94. The number of benzene rings is 7. The molecule has 0 aliphatic carbocycles. The minimum Gasteiger partial charge on any atom is -0.208 e. The molecule has 230 valence electrons. The molecule has 3 nitrogen and oxygen atoms in total. The van der Waals surface area contributed by atoms with Crippen LogP contribution in [0.2, 0.25) is 0 Å². The Labute approximate surface area is 288 Å². The minimum absolute atomic E-state index is 0.644. The molecule has 2 heterocycles. The van der Waals surface area contributed by atoms with Crippen molar-refractivity contribution >= 4 is 31.5 Å². The average molecular weight is 644 g/mol. The third-order valence-corrected chi connectivity index (χ3v) is 10.2. The first-order chi connectivity index (χ1) is 24.3. The van der Waals surface area contributed by atoms with Crippen LogP contribution >= 0.6 is 11.3 Å². The summed E-state index contributed by atoms with van der Waals surface area (Å²) in [4.78, 5) is 15.0. The van der Waals surface area contributed by atoms with Crippen LogP contribution in [0.4, 0.5) is 0 Å². The number of hydrogen-bond donors (Lipinski definition) is 0. The Hall–Kier alpha value is -6.23. The molecular weight excluding hydrogens is 615 g/mol. The Balaban J connectivity index is 1.07. The van der Waals surface area contributed by atoms with Crippen molar-refractivity contribution in [3.05, 3.63) is 176 Å². The zero-order chi connectivity index (χ0) is 32.6. The molecule has 0 radical (unpaired) electrons. The highest BCUT2D eigenvalue weighted by molar-refractivity contribution is 7.26. The van der Waals surface area contributed by atoms with Gasteiger partial charge in [0.15, 0.2) is 17.5 Å². The third kappa shape index (κ3) is 5.48. The van der Waals surface area contributed by atoms with Gasteiger partial charge in [0.25, 0.3) is 0 Å². The molecule has 7 aromatic carbocycles. The molecule has 9 aromatic rings. The molecule has 0 amide bonds. The summed E-state index contributed by atoms with van der Waals surface area (Å²) in [6, 6.07) is 61.5. The van der Waals surface area contributed by atoms with Crippen LogP contribution in [-0.2, 0) is 0 Å². The van der Waals surface area contributed by atoms with Crippen LogP contribution < -0.4 is 0 Å². The van der Waals surface area contributed by atoms with Gasteiger partial charge >= 0.3 is 0 Å². The first-order valence-corrected chi connectivity index (χ1v) is 17.2. The maximum Gasteiger partial charge on any atom is 0.164 e. The monoisotopic (exact) mass is 643 g/mol. The lowest BCUT2D eigenvalue weighted by Crippen LogP contribution is -2.01. The average Bonchev–Trinajstić information content (AvgIpc) is 3.58. The van der Waals surface area contributed by atoms with Gasteiger partial charge in [0.2, 0.25) is 0 Å². The molecule has 0 unspecified atom stereocenters. The van der Waals surface area contributed by atoms with Crippen LogP contribution in [0.15, 0.2) is 176 Å². The second-order valence-electron chi connectivity index (χ2n) is 12.0. The lowest BCUT2D eigenvalue weighted by Gasteiger charge is -2.12. The molecule has 4 heteroatoms. The van der Waals surface area contributed by atoms with Crippen molar-refractivity contribution in [3.8, 4) is 67.5 Å². The summed E-state index contributed by atoms with van der Waals surface area (Å²) in [6.45, 7) is 0. The quantitative estimate of drug-likeness (QED) is 0.181. The van der Waals surface area contributed by atoms with E-state index in [2.05, 4.69) is 133 Å². The van der Waals surface area contributed by atoms with Gasteiger partial charge in [-0.1, -0.05) is 170 Å². The zero-order valence-corrected chi connectivity index (χ0v) is 27.3. The maximum atomic E-state index is 5.05. The highest BCUT2D eigenvalue weighted by atomic mass is 32.1. The zero-order valence-electron chi connectivity index (χ0n) is 26.5. The van der Waals surface area contributed by atoms with Crippen molar-refractivity contribution in [2.24, 2.45) is 0 Å². The van der Waals surface area contributed by atoms with Gasteiger partial charge in [-0.2, -0.15) is 0 Å². The largest absolute Gasteiger partial charge is 0.208 e. The standard InChI is InChI=1S/C45H29N3S/c1-3-12-32(13-4-1)36-16-7-8-18-40(36)45-47-43(34-14-5-2-6-15-34)46-44(48-45)35-28-24-31(25-29-35)30-22-26-33(27-23-30)37-19-11-20-39-38-17-9-10-21-41(38)49-42(37)39/h1-29H. The Morgan fingerprint density at radius 2 is 0.735 bits per heavy atom. The predicted octanol–water partition coefficient (Wildman–Crippen LogP) is 12.2. The molecule has 0 spiro atoms. The van der Waals surface area contributed by atoms with Crippen molar-refractivity contribution in [1.82, 2.24) is 15.0 Å². The van der Waals surface area contributed by atoms with Gasteiger partial charge in [-0.3, -0.25) is 0 Å². The third-order valence-electron chi connectivity index (χ3n) is 9.00. The molecule has 9 rings (SSSR count). The number of rotatable bonds is 6. The molecule has 0 aliphatic heterocycles. The Kier molecular flexibility index (Phi) is 7.34. The van der Waals surface area contributed by atoms with E-state index in [9.17, 15) is 0 Å². The summed E-state index contributed by atoms with van der Waals surface area (Å²) < 4.78 is 2.65. The Morgan fingerprint density at radius 3 is 1.43 bits per heavy atom. The second kappa shape index (κ2) is 12.4. The lowest BCUT2D eigenvalue weighted by molar-refractivity contribution is 1.07. The second-order valence-corrected chi connectivity index (χ2v) is 13.1. The van der Waals surface area contributed by atoms with Gasteiger partial charge in [0, 0.05) is 36.9 Å². The van der Waals surface area contributed by atoms with E-state index in [1.807, 2.05) is 53.8 Å². The summed E-state index contributed by atoms with van der Waals surface area (Å²) in [5.41, 5.74) is 9.87. The predicted molar refractivity (Wildman–Crippen MR) is 205 cm³/mol. The molecule has 0 saturated heterocycles. The highest BCUT2D eigenvalue weighted by Crippen LogP contribution is 2.40. The normalized spacial score (nSPS) is 11.3. The van der Waals surface area contributed by atoms with Crippen LogP contribution in [0.3, 0.4) is 0 Å². The fourth-order valence-corrected chi connectivity index (χ4v) is 7.76. The van der Waals surface area contributed by atoms with E-state index in [-0.39, 0.29) is 0 Å². The van der Waals surface area contributed by atoms with Gasteiger partial charge < -0.3 is 0 Å². The van der Waals surface area contributed by atoms with E-state index >= 15 is 0 Å². The fraction of sp³-hybridized carbons (Fsp3) is 0. The van der Waals surface area contributed by atoms with Gasteiger partial charge in [-0.15, -0.1) is 11.3 Å².